The average molecular weight is 342 g/mol. The van der Waals surface area contributed by atoms with Gasteiger partial charge < -0.3 is 10.1 Å². The maximum atomic E-state index is 11.8. The van der Waals surface area contributed by atoms with Crippen molar-refractivity contribution in [2.75, 3.05) is 12.4 Å². The SMILES string of the molecule is COc1ccccc1NC(=O)C(=O)NN=Cc1ccccc1[N+](=O)[O-]. The number of nitrogens with one attached hydrogen (secondary N) is 2. The second-order valence-corrected chi connectivity index (χ2v) is 4.67. The number of benzene rings is 2. The molecule has 0 atom stereocenters. The zero-order valence-corrected chi connectivity index (χ0v) is 13.1. The normalized spacial score (nSPS) is 10.3. The van der Waals surface area contributed by atoms with Gasteiger partial charge in [-0.15, -0.1) is 0 Å². The van der Waals surface area contributed by atoms with Gasteiger partial charge in [-0.25, -0.2) is 5.43 Å². The first-order valence-electron chi connectivity index (χ1n) is 7.03. The van der Waals surface area contributed by atoms with Gasteiger partial charge in [0.1, 0.15) is 5.75 Å². The molecule has 0 saturated heterocycles. The molecule has 0 radical (unpaired) electrons. The highest BCUT2D eigenvalue weighted by atomic mass is 16.6. The van der Waals surface area contributed by atoms with E-state index in [0.29, 0.717) is 11.4 Å². The van der Waals surface area contributed by atoms with Crippen LogP contribution < -0.4 is 15.5 Å². The van der Waals surface area contributed by atoms with Crippen LogP contribution in [0, 0.1) is 10.1 Å². The number of ether oxygens (including phenoxy) is 1. The molecule has 0 aliphatic heterocycles. The number of nitro groups is 1. The third kappa shape index (κ3) is 4.61. The molecule has 0 unspecified atom stereocenters. The maximum Gasteiger partial charge on any atom is 0.329 e. The van der Waals surface area contributed by atoms with Crippen LogP contribution in [0.4, 0.5) is 11.4 Å². The number of hydrogen-bond acceptors (Lipinski definition) is 6. The molecule has 2 amide bonds. The zero-order valence-electron chi connectivity index (χ0n) is 13.1. The number of methoxy groups -OCH3 is 1. The van der Waals surface area contributed by atoms with Crippen LogP contribution >= 0.6 is 0 Å². The van der Waals surface area contributed by atoms with Gasteiger partial charge in [0.25, 0.3) is 5.69 Å². The molecule has 2 rings (SSSR count). The minimum Gasteiger partial charge on any atom is -0.495 e. The second kappa shape index (κ2) is 8.20. The van der Waals surface area contributed by atoms with Crippen LogP contribution in [0.15, 0.2) is 53.6 Å². The van der Waals surface area contributed by atoms with Crippen LogP contribution in [0.5, 0.6) is 5.75 Å². The Kier molecular flexibility index (Phi) is 5.77. The summed E-state index contributed by atoms with van der Waals surface area (Å²) in [4.78, 5) is 33.9. The van der Waals surface area contributed by atoms with Crippen molar-refractivity contribution in [3.63, 3.8) is 0 Å². The van der Waals surface area contributed by atoms with Crippen LogP contribution in [-0.4, -0.2) is 30.1 Å². The molecule has 0 fully saturated rings. The van der Waals surface area contributed by atoms with Crippen LogP contribution in [-0.2, 0) is 9.59 Å². The van der Waals surface area contributed by atoms with Gasteiger partial charge >= 0.3 is 11.8 Å². The van der Waals surface area contributed by atoms with E-state index < -0.39 is 16.7 Å². The smallest absolute Gasteiger partial charge is 0.329 e. The molecule has 0 aliphatic rings. The number of para-hydroxylation sites is 3. The van der Waals surface area contributed by atoms with Crippen LogP contribution in [0.2, 0.25) is 0 Å². The number of rotatable bonds is 5. The van der Waals surface area contributed by atoms with E-state index in [1.807, 2.05) is 5.43 Å². The first-order valence-corrected chi connectivity index (χ1v) is 7.03. The quantitative estimate of drug-likeness (QED) is 0.370. The third-order valence-corrected chi connectivity index (χ3v) is 3.06. The second-order valence-electron chi connectivity index (χ2n) is 4.67. The van der Waals surface area contributed by atoms with Gasteiger partial charge in [0, 0.05) is 6.07 Å². The lowest BCUT2D eigenvalue weighted by Gasteiger charge is -2.08. The Morgan fingerprint density at radius 3 is 2.52 bits per heavy atom. The van der Waals surface area contributed by atoms with E-state index in [1.165, 1.54) is 25.3 Å². The van der Waals surface area contributed by atoms with Crippen molar-refractivity contribution in [2.45, 2.75) is 0 Å². The van der Waals surface area contributed by atoms with E-state index in [1.54, 1.807) is 30.3 Å². The molecule has 2 aromatic rings. The Balaban J connectivity index is 2.00. The Hall–Kier alpha value is -3.75. The van der Waals surface area contributed by atoms with Gasteiger partial charge in [-0.3, -0.25) is 19.7 Å². The van der Waals surface area contributed by atoms with Gasteiger partial charge in [-0.05, 0) is 18.2 Å². The highest BCUT2D eigenvalue weighted by Crippen LogP contribution is 2.22. The Labute approximate surface area is 142 Å². The monoisotopic (exact) mass is 342 g/mol. The van der Waals surface area contributed by atoms with Gasteiger partial charge in [0.15, 0.2) is 0 Å². The summed E-state index contributed by atoms with van der Waals surface area (Å²) in [5.41, 5.74) is 2.36. The van der Waals surface area contributed by atoms with Crippen molar-refractivity contribution in [1.82, 2.24) is 5.43 Å². The van der Waals surface area contributed by atoms with Gasteiger partial charge in [0.2, 0.25) is 0 Å². The molecule has 9 nitrogen and oxygen atoms in total. The number of anilines is 1. The molecule has 128 valence electrons. The summed E-state index contributed by atoms with van der Waals surface area (Å²) >= 11 is 0. The molecule has 2 N–H and O–H groups in total. The zero-order chi connectivity index (χ0) is 18.2. The first-order chi connectivity index (χ1) is 12.0. The lowest BCUT2D eigenvalue weighted by Crippen LogP contribution is -2.32. The van der Waals surface area contributed by atoms with Crippen molar-refractivity contribution in [3.05, 3.63) is 64.2 Å². The molecule has 9 heteroatoms. The van der Waals surface area contributed by atoms with E-state index in [9.17, 15) is 19.7 Å². The summed E-state index contributed by atoms with van der Waals surface area (Å²) in [7, 11) is 1.43. The Morgan fingerprint density at radius 2 is 1.80 bits per heavy atom. The lowest BCUT2D eigenvalue weighted by atomic mass is 10.2. The number of nitrogens with zero attached hydrogens (tertiary/aromatic N) is 2. The Morgan fingerprint density at radius 1 is 1.12 bits per heavy atom. The van der Waals surface area contributed by atoms with Gasteiger partial charge in [0.05, 0.1) is 29.5 Å². The van der Waals surface area contributed by atoms with Crippen LogP contribution in [0.3, 0.4) is 0 Å². The fourth-order valence-corrected chi connectivity index (χ4v) is 1.90. The summed E-state index contributed by atoms with van der Waals surface area (Å²) in [6, 6.07) is 12.4. The van der Waals surface area contributed by atoms with E-state index in [2.05, 4.69) is 10.4 Å². The van der Waals surface area contributed by atoms with Crippen LogP contribution in [0.1, 0.15) is 5.56 Å². The lowest BCUT2D eigenvalue weighted by molar-refractivity contribution is -0.385. The molecular weight excluding hydrogens is 328 g/mol. The number of amides is 2. The van der Waals surface area contributed by atoms with Crippen LogP contribution in [0.25, 0.3) is 0 Å². The molecular formula is C16H14N4O5. The van der Waals surface area contributed by atoms with E-state index in [4.69, 9.17) is 4.74 Å². The molecule has 2 aromatic carbocycles. The minimum absolute atomic E-state index is 0.168. The predicted molar refractivity (Wildman–Crippen MR) is 90.5 cm³/mol. The van der Waals surface area contributed by atoms with Crippen molar-refractivity contribution < 1.29 is 19.2 Å². The van der Waals surface area contributed by atoms with Crippen molar-refractivity contribution in [3.8, 4) is 5.75 Å². The molecule has 0 spiro atoms. The topological polar surface area (TPSA) is 123 Å². The van der Waals surface area contributed by atoms with E-state index >= 15 is 0 Å². The Bertz CT molecular complexity index is 835. The number of nitro benzene ring substituents is 1. The fourth-order valence-electron chi connectivity index (χ4n) is 1.90. The summed E-state index contributed by atoms with van der Waals surface area (Å²) in [5, 5.41) is 16.8. The molecule has 0 aromatic heterocycles. The molecule has 0 saturated carbocycles. The molecule has 0 aliphatic carbocycles. The number of carbonyl (C=O) groups excluding carboxylic acids is 2. The third-order valence-electron chi connectivity index (χ3n) is 3.06. The van der Waals surface area contributed by atoms with Crippen molar-refractivity contribution >= 4 is 29.4 Å². The fraction of sp³-hybridized carbons (Fsp3) is 0.0625. The van der Waals surface area contributed by atoms with Crippen molar-refractivity contribution in [1.29, 1.82) is 0 Å². The maximum absolute atomic E-state index is 11.8. The highest BCUT2D eigenvalue weighted by Gasteiger charge is 2.15. The number of hydrazone groups is 1. The summed E-state index contributed by atoms with van der Waals surface area (Å²) in [5.74, 6) is -1.59. The number of carbonyl (C=O) groups is 2. The van der Waals surface area contributed by atoms with Crippen molar-refractivity contribution in [2.24, 2.45) is 5.10 Å². The first kappa shape index (κ1) is 17.6. The van der Waals surface area contributed by atoms with Gasteiger partial charge in [-0.2, -0.15) is 5.10 Å². The molecule has 0 heterocycles. The van der Waals surface area contributed by atoms with E-state index in [0.717, 1.165) is 6.21 Å². The summed E-state index contributed by atoms with van der Waals surface area (Å²) < 4.78 is 5.06. The van der Waals surface area contributed by atoms with Gasteiger partial charge in [-0.1, -0.05) is 24.3 Å². The van der Waals surface area contributed by atoms with E-state index in [-0.39, 0.29) is 11.3 Å². The minimum atomic E-state index is -1.03. The predicted octanol–water partition coefficient (Wildman–Crippen LogP) is 1.69. The highest BCUT2D eigenvalue weighted by molar-refractivity contribution is 6.39. The summed E-state index contributed by atoms with van der Waals surface area (Å²) in [6.45, 7) is 0. The number of hydrogen-bond donors (Lipinski definition) is 2. The standard InChI is InChI=1S/C16H14N4O5/c1-25-14-9-5-3-7-12(14)18-15(21)16(22)19-17-10-11-6-2-4-8-13(11)20(23)24/h2-10H,1H3,(H,18,21)(H,19,22). The average Bonchev–Trinajstić information content (AvgIpc) is 2.62. The summed E-state index contributed by atoms with van der Waals surface area (Å²) in [6.07, 6.45) is 1.09. The largest absolute Gasteiger partial charge is 0.495 e. The molecule has 0 bridgehead atoms. The molecule has 25 heavy (non-hydrogen) atoms.